The Morgan fingerprint density at radius 1 is 0.824 bits per heavy atom. The van der Waals surface area contributed by atoms with Gasteiger partial charge in [0.2, 0.25) is 0 Å². The molecule has 0 aliphatic heterocycles. The van der Waals surface area contributed by atoms with Gasteiger partial charge in [-0.05, 0) is 51.3 Å². The van der Waals surface area contributed by atoms with Gasteiger partial charge in [0.25, 0.3) is 0 Å². The molecule has 2 rings (SSSR count). The highest BCUT2D eigenvalue weighted by Crippen LogP contribution is 2.38. The van der Waals surface area contributed by atoms with Crippen molar-refractivity contribution in [2.75, 3.05) is 0 Å². The first-order chi connectivity index (χ1) is 7.93. The first-order valence-corrected chi connectivity index (χ1v) is 6.35. The van der Waals surface area contributed by atoms with Crippen LogP contribution in [0, 0.1) is 34.6 Å². The van der Waals surface area contributed by atoms with Crippen LogP contribution in [0.15, 0.2) is 0 Å². The second-order valence-corrected chi connectivity index (χ2v) is 5.53. The highest BCUT2D eigenvalue weighted by Gasteiger charge is 2.17. The monoisotopic (exact) mass is 248 g/mol. The van der Waals surface area contributed by atoms with E-state index in [2.05, 4.69) is 17.1 Å². The number of rotatable bonds is 1. The minimum absolute atomic E-state index is 0.371. The van der Waals surface area contributed by atoms with Crippen LogP contribution in [0.1, 0.15) is 27.3 Å². The molecule has 0 amide bonds. The van der Waals surface area contributed by atoms with Gasteiger partial charge in [0.05, 0.1) is 0 Å². The lowest BCUT2D eigenvalue weighted by Gasteiger charge is -2.15. The maximum atomic E-state index is 10.1. The Morgan fingerprint density at radius 2 is 1.47 bits per heavy atom. The Bertz CT molecular complexity index is 558. The lowest BCUT2D eigenvalue weighted by atomic mass is 9.93. The number of aryl methyl sites for hydroxylation is 1. The van der Waals surface area contributed by atoms with Gasteiger partial charge in [0, 0.05) is 11.1 Å². The van der Waals surface area contributed by atoms with Gasteiger partial charge in [-0.25, -0.2) is 0 Å². The van der Waals surface area contributed by atoms with E-state index < -0.39 is 0 Å². The molecule has 1 aromatic heterocycles. The Kier molecular flexibility index (Phi) is 2.91. The Hall–Kier alpha value is -1.42. The molecule has 1 aromatic carbocycles. The Balaban J connectivity index is 2.78. The predicted octanol–water partition coefficient (Wildman–Crippen LogP) is 3.45. The number of aromatic hydroxyl groups is 1. The van der Waals surface area contributed by atoms with Crippen LogP contribution in [-0.4, -0.2) is 15.3 Å². The topological polar surface area (TPSA) is 46.0 Å². The minimum Gasteiger partial charge on any atom is -0.507 e. The second-order valence-electron chi connectivity index (χ2n) is 4.35. The largest absolute Gasteiger partial charge is 0.507 e. The van der Waals surface area contributed by atoms with E-state index in [0.717, 1.165) is 32.3 Å². The molecular weight excluding hydrogens is 232 g/mol. The molecule has 2 aromatic rings. The predicted molar refractivity (Wildman–Crippen MR) is 70.7 cm³/mol. The summed E-state index contributed by atoms with van der Waals surface area (Å²) in [6.07, 6.45) is 0. The van der Waals surface area contributed by atoms with Gasteiger partial charge in [-0.15, -0.1) is 10.2 Å². The summed E-state index contributed by atoms with van der Waals surface area (Å²) < 4.78 is 0. The molecule has 1 heterocycles. The summed E-state index contributed by atoms with van der Waals surface area (Å²) in [6, 6.07) is 0. The molecule has 17 heavy (non-hydrogen) atoms. The van der Waals surface area contributed by atoms with Gasteiger partial charge < -0.3 is 5.11 Å². The average molecular weight is 248 g/mol. The molecule has 3 nitrogen and oxygen atoms in total. The van der Waals surface area contributed by atoms with Crippen LogP contribution < -0.4 is 0 Å². The van der Waals surface area contributed by atoms with E-state index in [9.17, 15) is 5.11 Å². The van der Waals surface area contributed by atoms with Crippen molar-refractivity contribution in [2.24, 2.45) is 0 Å². The zero-order valence-corrected chi connectivity index (χ0v) is 11.6. The molecule has 0 radical (unpaired) electrons. The van der Waals surface area contributed by atoms with Crippen molar-refractivity contribution >= 4 is 11.3 Å². The van der Waals surface area contributed by atoms with Gasteiger partial charge in [0.15, 0.2) is 0 Å². The Morgan fingerprint density at radius 3 is 2.00 bits per heavy atom. The molecule has 0 aliphatic rings. The zero-order chi connectivity index (χ0) is 12.7. The van der Waals surface area contributed by atoms with Crippen LogP contribution in [0.3, 0.4) is 0 Å². The van der Waals surface area contributed by atoms with Crippen molar-refractivity contribution in [3.63, 3.8) is 0 Å². The molecule has 0 spiro atoms. The molecule has 0 unspecified atom stereocenters. The number of hydrogen-bond acceptors (Lipinski definition) is 4. The van der Waals surface area contributed by atoms with Crippen LogP contribution >= 0.6 is 11.3 Å². The van der Waals surface area contributed by atoms with E-state index in [4.69, 9.17) is 0 Å². The van der Waals surface area contributed by atoms with Crippen LogP contribution in [0.25, 0.3) is 10.6 Å². The number of phenols is 1. The molecule has 90 valence electrons. The van der Waals surface area contributed by atoms with Crippen molar-refractivity contribution < 1.29 is 5.11 Å². The maximum absolute atomic E-state index is 10.1. The molecule has 1 N–H and O–H groups in total. The summed E-state index contributed by atoms with van der Waals surface area (Å²) in [7, 11) is 0. The van der Waals surface area contributed by atoms with Crippen molar-refractivity contribution in [2.45, 2.75) is 34.6 Å². The molecular formula is C13H16N2OS. The number of hydrogen-bond donors (Lipinski definition) is 1. The fourth-order valence-corrected chi connectivity index (χ4v) is 2.90. The zero-order valence-electron chi connectivity index (χ0n) is 10.7. The molecule has 0 atom stereocenters. The van der Waals surface area contributed by atoms with Gasteiger partial charge in [-0.3, -0.25) is 0 Å². The van der Waals surface area contributed by atoms with Gasteiger partial charge in [0.1, 0.15) is 15.8 Å². The first kappa shape index (κ1) is 12.0. The van der Waals surface area contributed by atoms with Crippen molar-refractivity contribution in [1.29, 1.82) is 0 Å². The van der Waals surface area contributed by atoms with Crippen molar-refractivity contribution in [3.05, 3.63) is 27.3 Å². The van der Waals surface area contributed by atoms with E-state index in [-0.39, 0.29) is 0 Å². The summed E-state index contributed by atoms with van der Waals surface area (Å²) in [6.45, 7) is 9.91. The highest BCUT2D eigenvalue weighted by atomic mass is 32.1. The standard InChI is InChI=1S/C13H16N2OS/c1-6-7(2)11(9(4)12(16)8(6)3)13-15-14-10(5)17-13/h16H,1-5H3. The van der Waals surface area contributed by atoms with Crippen LogP contribution in [0.5, 0.6) is 5.75 Å². The van der Waals surface area contributed by atoms with Crippen LogP contribution in [0.2, 0.25) is 0 Å². The summed E-state index contributed by atoms with van der Waals surface area (Å²) in [5.74, 6) is 0.371. The summed E-state index contributed by atoms with van der Waals surface area (Å²) in [4.78, 5) is 0. The summed E-state index contributed by atoms with van der Waals surface area (Å²) >= 11 is 1.56. The number of aromatic nitrogens is 2. The molecule has 0 fully saturated rings. The third kappa shape index (κ3) is 1.82. The molecule has 0 saturated heterocycles. The van der Waals surface area contributed by atoms with Crippen LogP contribution in [-0.2, 0) is 0 Å². The van der Waals surface area contributed by atoms with E-state index in [1.54, 1.807) is 11.3 Å². The second kappa shape index (κ2) is 4.11. The van der Waals surface area contributed by atoms with Crippen molar-refractivity contribution in [3.8, 4) is 16.3 Å². The number of benzene rings is 1. The van der Waals surface area contributed by atoms with Gasteiger partial charge in [-0.1, -0.05) is 11.3 Å². The van der Waals surface area contributed by atoms with E-state index >= 15 is 0 Å². The third-order valence-corrected chi connectivity index (χ3v) is 4.18. The summed E-state index contributed by atoms with van der Waals surface area (Å²) in [5, 5.41) is 20.2. The van der Waals surface area contributed by atoms with Gasteiger partial charge in [-0.2, -0.15) is 0 Å². The van der Waals surface area contributed by atoms with Crippen molar-refractivity contribution in [1.82, 2.24) is 10.2 Å². The lowest BCUT2D eigenvalue weighted by Crippen LogP contribution is -1.96. The summed E-state index contributed by atoms with van der Waals surface area (Å²) in [5.41, 5.74) is 5.16. The average Bonchev–Trinajstić information content (AvgIpc) is 2.71. The molecule has 0 bridgehead atoms. The molecule has 0 saturated carbocycles. The normalized spacial score (nSPS) is 10.9. The fourth-order valence-electron chi connectivity index (χ4n) is 2.05. The minimum atomic E-state index is 0.371. The quantitative estimate of drug-likeness (QED) is 0.840. The van der Waals surface area contributed by atoms with E-state index in [1.807, 2.05) is 27.7 Å². The smallest absolute Gasteiger partial charge is 0.148 e. The SMILES string of the molecule is Cc1nnc(-c2c(C)c(C)c(C)c(O)c2C)s1. The highest BCUT2D eigenvalue weighted by molar-refractivity contribution is 7.14. The Labute approximate surface area is 105 Å². The lowest BCUT2D eigenvalue weighted by molar-refractivity contribution is 0.466. The fraction of sp³-hybridized carbons (Fsp3) is 0.385. The number of phenolic OH excluding ortho intramolecular Hbond substituents is 1. The van der Waals surface area contributed by atoms with Crippen LogP contribution in [0.4, 0.5) is 0 Å². The third-order valence-electron chi connectivity index (χ3n) is 3.33. The molecule has 4 heteroatoms. The maximum Gasteiger partial charge on any atom is 0.148 e. The van der Waals surface area contributed by atoms with E-state index in [1.165, 1.54) is 5.56 Å². The molecule has 0 aliphatic carbocycles. The van der Waals surface area contributed by atoms with Gasteiger partial charge >= 0.3 is 0 Å². The van der Waals surface area contributed by atoms with E-state index in [0.29, 0.717) is 5.75 Å². The first-order valence-electron chi connectivity index (χ1n) is 5.53. The number of nitrogens with zero attached hydrogens (tertiary/aromatic N) is 2.